The molecule has 136 valence electrons. The molecular weight excluding hydrogens is 434 g/mol. The minimum absolute atomic E-state index is 0. The van der Waals surface area contributed by atoms with E-state index in [9.17, 15) is 4.39 Å². The molecule has 1 atom stereocenters. The molecular formula is C18H24FIN4O. The summed E-state index contributed by atoms with van der Waals surface area (Å²) in [7, 11) is 1.71. The van der Waals surface area contributed by atoms with Crippen molar-refractivity contribution in [3.63, 3.8) is 0 Å². The van der Waals surface area contributed by atoms with Crippen LogP contribution in [0.4, 0.5) is 4.39 Å². The van der Waals surface area contributed by atoms with E-state index in [1.165, 1.54) is 12.1 Å². The fourth-order valence-electron chi connectivity index (χ4n) is 2.15. The van der Waals surface area contributed by atoms with Crippen LogP contribution in [-0.2, 0) is 6.54 Å². The largest absolute Gasteiger partial charge is 0.489 e. The van der Waals surface area contributed by atoms with Gasteiger partial charge in [-0.25, -0.2) is 4.39 Å². The van der Waals surface area contributed by atoms with Crippen molar-refractivity contribution < 1.29 is 9.13 Å². The van der Waals surface area contributed by atoms with Crippen LogP contribution in [0.15, 0.2) is 47.5 Å². The van der Waals surface area contributed by atoms with Crippen molar-refractivity contribution in [1.82, 2.24) is 15.6 Å². The molecule has 7 heteroatoms. The average molecular weight is 458 g/mol. The highest BCUT2D eigenvalue weighted by Crippen LogP contribution is 2.13. The van der Waals surface area contributed by atoms with Gasteiger partial charge in [-0.05, 0) is 38.1 Å². The Kier molecular flexibility index (Phi) is 9.18. The fraction of sp³-hybridized carbons (Fsp3) is 0.333. The number of hydrogen-bond donors (Lipinski definition) is 2. The zero-order chi connectivity index (χ0) is 17.4. The minimum atomic E-state index is -0.309. The van der Waals surface area contributed by atoms with E-state index in [4.69, 9.17) is 4.74 Å². The normalized spacial score (nSPS) is 12.1. The van der Waals surface area contributed by atoms with Gasteiger partial charge in [0.25, 0.3) is 0 Å². The molecule has 0 bridgehead atoms. The smallest absolute Gasteiger partial charge is 0.191 e. The Bertz CT molecular complexity index is 696. The topological polar surface area (TPSA) is 58.5 Å². The number of nitrogens with one attached hydrogen (secondary N) is 2. The van der Waals surface area contributed by atoms with E-state index >= 15 is 0 Å². The lowest BCUT2D eigenvalue weighted by molar-refractivity contribution is 0.223. The van der Waals surface area contributed by atoms with Gasteiger partial charge in [0.1, 0.15) is 17.7 Å². The summed E-state index contributed by atoms with van der Waals surface area (Å²) in [5.41, 5.74) is 1.93. The maximum absolute atomic E-state index is 13.1. The SMILES string of the molecule is CN=C(NCc1cccc(C)n1)NCC(C)Oc1cccc(F)c1.I. The molecule has 0 saturated carbocycles. The van der Waals surface area contributed by atoms with Gasteiger partial charge in [-0.2, -0.15) is 0 Å². The molecule has 2 aromatic rings. The maximum Gasteiger partial charge on any atom is 0.191 e. The van der Waals surface area contributed by atoms with Crippen molar-refractivity contribution in [3.8, 4) is 5.75 Å². The summed E-state index contributed by atoms with van der Waals surface area (Å²) in [5.74, 6) is 0.861. The monoisotopic (exact) mass is 458 g/mol. The number of nitrogens with zero attached hydrogens (tertiary/aromatic N) is 2. The lowest BCUT2D eigenvalue weighted by Crippen LogP contribution is -2.41. The predicted molar refractivity (Wildman–Crippen MR) is 109 cm³/mol. The van der Waals surface area contributed by atoms with Crippen LogP contribution in [0.25, 0.3) is 0 Å². The summed E-state index contributed by atoms with van der Waals surface area (Å²) in [6.45, 7) is 4.99. The number of aryl methyl sites for hydroxylation is 1. The molecule has 0 amide bonds. The summed E-state index contributed by atoms with van der Waals surface area (Å²) in [4.78, 5) is 8.60. The van der Waals surface area contributed by atoms with Gasteiger partial charge in [-0.1, -0.05) is 12.1 Å². The molecule has 0 fully saturated rings. The van der Waals surface area contributed by atoms with E-state index < -0.39 is 0 Å². The van der Waals surface area contributed by atoms with Crippen LogP contribution in [0.3, 0.4) is 0 Å². The highest BCUT2D eigenvalue weighted by Gasteiger charge is 2.06. The fourth-order valence-corrected chi connectivity index (χ4v) is 2.15. The number of ether oxygens (including phenoxy) is 1. The molecule has 1 aromatic carbocycles. The van der Waals surface area contributed by atoms with Crippen molar-refractivity contribution in [1.29, 1.82) is 0 Å². The summed E-state index contributed by atoms with van der Waals surface area (Å²) in [6.07, 6.45) is -0.137. The highest BCUT2D eigenvalue weighted by molar-refractivity contribution is 14.0. The zero-order valence-corrected chi connectivity index (χ0v) is 17.0. The number of benzene rings is 1. The van der Waals surface area contributed by atoms with E-state index in [1.54, 1.807) is 19.2 Å². The molecule has 1 heterocycles. The molecule has 1 aromatic heterocycles. The van der Waals surface area contributed by atoms with Gasteiger partial charge in [-0.3, -0.25) is 9.98 Å². The molecule has 1 unspecified atom stereocenters. The molecule has 2 N–H and O–H groups in total. The van der Waals surface area contributed by atoms with Crippen molar-refractivity contribution in [2.45, 2.75) is 26.5 Å². The first-order valence-corrected chi connectivity index (χ1v) is 7.86. The van der Waals surface area contributed by atoms with Crippen LogP contribution in [0.1, 0.15) is 18.3 Å². The number of rotatable bonds is 6. The third kappa shape index (κ3) is 7.68. The molecule has 0 saturated heterocycles. The Hall–Kier alpha value is -1.90. The second kappa shape index (κ2) is 10.9. The van der Waals surface area contributed by atoms with Crippen LogP contribution in [-0.4, -0.2) is 30.6 Å². The summed E-state index contributed by atoms with van der Waals surface area (Å²) < 4.78 is 18.8. The first-order valence-electron chi connectivity index (χ1n) is 7.86. The molecule has 25 heavy (non-hydrogen) atoms. The average Bonchev–Trinajstić information content (AvgIpc) is 2.55. The van der Waals surface area contributed by atoms with E-state index in [-0.39, 0.29) is 35.9 Å². The Morgan fingerprint density at radius 2 is 2.00 bits per heavy atom. The number of hydrogen-bond acceptors (Lipinski definition) is 3. The second-order valence-electron chi connectivity index (χ2n) is 5.46. The Morgan fingerprint density at radius 1 is 1.24 bits per heavy atom. The van der Waals surface area contributed by atoms with Crippen LogP contribution < -0.4 is 15.4 Å². The Labute approximate surface area is 165 Å². The lowest BCUT2D eigenvalue weighted by atomic mass is 10.3. The maximum atomic E-state index is 13.1. The van der Waals surface area contributed by atoms with Crippen molar-refractivity contribution >= 4 is 29.9 Å². The zero-order valence-electron chi connectivity index (χ0n) is 14.6. The van der Waals surface area contributed by atoms with Gasteiger partial charge in [0, 0.05) is 18.8 Å². The highest BCUT2D eigenvalue weighted by atomic mass is 127. The van der Waals surface area contributed by atoms with Gasteiger partial charge >= 0.3 is 0 Å². The van der Waals surface area contributed by atoms with E-state index in [0.29, 0.717) is 24.8 Å². The molecule has 0 spiro atoms. The predicted octanol–water partition coefficient (Wildman–Crippen LogP) is 3.28. The molecule has 0 aliphatic heterocycles. The standard InChI is InChI=1S/C18H23FN4O.HI/c1-13-6-4-8-16(23-13)12-22-18(20-3)21-11-14(2)24-17-9-5-7-15(19)10-17;/h4-10,14H,11-12H2,1-3H3,(H2,20,21,22);1H. The van der Waals surface area contributed by atoms with E-state index in [2.05, 4.69) is 20.6 Å². The van der Waals surface area contributed by atoms with Crippen LogP contribution in [0.5, 0.6) is 5.75 Å². The third-order valence-electron chi connectivity index (χ3n) is 3.30. The number of aliphatic imine (C=N–C) groups is 1. The van der Waals surface area contributed by atoms with Gasteiger partial charge in [0.05, 0.1) is 18.8 Å². The van der Waals surface area contributed by atoms with Gasteiger partial charge in [0.15, 0.2) is 5.96 Å². The molecule has 2 rings (SSSR count). The summed E-state index contributed by atoms with van der Waals surface area (Å²) >= 11 is 0. The molecule has 5 nitrogen and oxygen atoms in total. The van der Waals surface area contributed by atoms with Crippen molar-refractivity contribution in [3.05, 3.63) is 59.7 Å². The summed E-state index contributed by atoms with van der Waals surface area (Å²) in [5, 5.41) is 6.38. The van der Waals surface area contributed by atoms with Gasteiger partial charge < -0.3 is 15.4 Å². The van der Waals surface area contributed by atoms with Gasteiger partial charge in [-0.15, -0.1) is 24.0 Å². The number of pyridine rings is 1. The van der Waals surface area contributed by atoms with Gasteiger partial charge in [0.2, 0.25) is 0 Å². The van der Waals surface area contributed by atoms with E-state index in [1.807, 2.05) is 32.0 Å². The lowest BCUT2D eigenvalue weighted by Gasteiger charge is -2.17. The Balaban J connectivity index is 0.00000312. The number of halogens is 2. The Morgan fingerprint density at radius 3 is 2.68 bits per heavy atom. The molecule has 0 radical (unpaired) electrons. The van der Waals surface area contributed by atoms with E-state index in [0.717, 1.165) is 11.4 Å². The first kappa shape index (κ1) is 21.1. The number of aromatic nitrogens is 1. The quantitative estimate of drug-likeness (QED) is 0.397. The molecule has 0 aliphatic rings. The van der Waals surface area contributed by atoms with Crippen molar-refractivity contribution in [2.75, 3.05) is 13.6 Å². The summed E-state index contributed by atoms with van der Waals surface area (Å²) in [6, 6.07) is 12.0. The van der Waals surface area contributed by atoms with Crippen LogP contribution >= 0.6 is 24.0 Å². The second-order valence-corrected chi connectivity index (χ2v) is 5.46. The van der Waals surface area contributed by atoms with Crippen molar-refractivity contribution in [2.24, 2.45) is 4.99 Å². The third-order valence-corrected chi connectivity index (χ3v) is 3.30. The van der Waals surface area contributed by atoms with Crippen LogP contribution in [0, 0.1) is 12.7 Å². The first-order chi connectivity index (χ1) is 11.6. The number of guanidine groups is 1. The van der Waals surface area contributed by atoms with Crippen LogP contribution in [0.2, 0.25) is 0 Å². The minimum Gasteiger partial charge on any atom is -0.489 e. The molecule has 0 aliphatic carbocycles.